The van der Waals surface area contributed by atoms with E-state index in [-0.39, 0.29) is 5.91 Å². The molecule has 0 aromatic heterocycles. The summed E-state index contributed by atoms with van der Waals surface area (Å²) in [6, 6.07) is 9.61. The highest BCUT2D eigenvalue weighted by Gasteiger charge is 2.26. The van der Waals surface area contributed by atoms with Gasteiger partial charge in [-0.1, -0.05) is 41.1 Å². The second-order valence-electron chi connectivity index (χ2n) is 5.03. The topological polar surface area (TPSA) is 29.5 Å². The minimum Gasteiger partial charge on any atom is -0.493 e. The lowest BCUT2D eigenvalue weighted by Gasteiger charge is -2.34. The number of nitrogens with zero attached hydrogens (tertiary/aromatic N) is 1. The van der Waals surface area contributed by atoms with Crippen LogP contribution in [0.3, 0.4) is 0 Å². The normalized spacial score (nSPS) is 23.2. The molecule has 1 aromatic carbocycles. The summed E-state index contributed by atoms with van der Waals surface area (Å²) in [5.74, 6) is 1.65. The van der Waals surface area contributed by atoms with Crippen LogP contribution in [0.15, 0.2) is 30.3 Å². The molecule has 3 nitrogen and oxygen atoms in total. The van der Waals surface area contributed by atoms with Gasteiger partial charge < -0.3 is 9.64 Å². The fraction of sp³-hybridized carbons (Fsp3) is 0.533. The second kappa shape index (κ2) is 6.94. The van der Waals surface area contributed by atoms with Crippen molar-refractivity contribution >= 4 is 21.8 Å². The third-order valence-corrected chi connectivity index (χ3v) is 4.74. The van der Waals surface area contributed by atoms with Crippen LogP contribution in [0.25, 0.3) is 0 Å². The van der Waals surface area contributed by atoms with E-state index in [1.54, 1.807) is 0 Å². The predicted molar refractivity (Wildman–Crippen MR) is 79.6 cm³/mol. The van der Waals surface area contributed by atoms with Gasteiger partial charge in [0.2, 0.25) is 5.91 Å². The number of hydrogen-bond acceptors (Lipinski definition) is 2. The van der Waals surface area contributed by atoms with Crippen molar-refractivity contribution in [1.82, 2.24) is 4.90 Å². The Labute approximate surface area is 123 Å². The molecular formula is C15H20BrNO2. The molecule has 0 saturated carbocycles. The molecule has 1 amide bonds. The zero-order valence-electron chi connectivity index (χ0n) is 11.2. The van der Waals surface area contributed by atoms with Crippen LogP contribution in [0.5, 0.6) is 5.75 Å². The number of carbonyl (C=O) groups excluding carboxylic acids is 1. The van der Waals surface area contributed by atoms with Crippen LogP contribution in [0.4, 0.5) is 0 Å². The molecule has 1 saturated heterocycles. The van der Waals surface area contributed by atoms with E-state index in [1.807, 2.05) is 35.2 Å². The first kappa shape index (κ1) is 14.4. The highest BCUT2D eigenvalue weighted by atomic mass is 79.9. The van der Waals surface area contributed by atoms with Gasteiger partial charge in [0, 0.05) is 17.9 Å². The molecule has 2 unspecified atom stereocenters. The van der Waals surface area contributed by atoms with Gasteiger partial charge in [0.15, 0.2) is 0 Å². The fourth-order valence-electron chi connectivity index (χ4n) is 2.18. The monoisotopic (exact) mass is 325 g/mol. The molecule has 0 radical (unpaired) electrons. The zero-order chi connectivity index (χ0) is 13.7. The average molecular weight is 326 g/mol. The summed E-state index contributed by atoms with van der Waals surface area (Å²) < 4.78 is 5.56. The fourth-order valence-corrected chi connectivity index (χ4v) is 2.79. The van der Waals surface area contributed by atoms with Crippen LogP contribution in [0.1, 0.15) is 19.8 Å². The first-order valence-corrected chi connectivity index (χ1v) is 7.68. The number of ether oxygens (including phenoxy) is 1. The number of piperidine rings is 1. The number of amides is 1. The van der Waals surface area contributed by atoms with Gasteiger partial charge >= 0.3 is 0 Å². The second-order valence-corrected chi connectivity index (χ2v) is 6.21. The van der Waals surface area contributed by atoms with Gasteiger partial charge in [0.25, 0.3) is 0 Å². The first-order chi connectivity index (χ1) is 9.16. The van der Waals surface area contributed by atoms with Gasteiger partial charge in [-0.05, 0) is 24.5 Å². The Morgan fingerprint density at radius 2 is 2.16 bits per heavy atom. The molecule has 0 N–H and O–H groups in total. The Morgan fingerprint density at radius 3 is 2.84 bits per heavy atom. The minimum atomic E-state index is 0.187. The molecule has 4 heteroatoms. The Bertz CT molecular complexity index is 410. The summed E-state index contributed by atoms with van der Waals surface area (Å²) in [6.45, 7) is 4.35. The number of alkyl halides is 1. The summed E-state index contributed by atoms with van der Waals surface area (Å²) in [5, 5.41) is 0. The number of likely N-dealkylation sites (tertiary alicyclic amines) is 1. The number of para-hydroxylation sites is 1. The summed E-state index contributed by atoms with van der Waals surface area (Å²) in [4.78, 5) is 14.4. The number of benzene rings is 1. The van der Waals surface area contributed by atoms with E-state index in [2.05, 4.69) is 22.9 Å². The van der Waals surface area contributed by atoms with Crippen molar-refractivity contribution in [2.75, 3.05) is 19.7 Å². The summed E-state index contributed by atoms with van der Waals surface area (Å²) >= 11 is 3.64. The van der Waals surface area contributed by atoms with E-state index in [1.165, 1.54) is 0 Å². The highest BCUT2D eigenvalue weighted by Crippen LogP contribution is 2.23. The van der Waals surface area contributed by atoms with E-state index in [0.717, 1.165) is 25.3 Å². The van der Waals surface area contributed by atoms with Crippen molar-refractivity contribution in [1.29, 1.82) is 0 Å². The van der Waals surface area contributed by atoms with E-state index < -0.39 is 0 Å². The molecule has 1 fully saturated rings. The van der Waals surface area contributed by atoms with E-state index in [9.17, 15) is 4.79 Å². The Morgan fingerprint density at radius 1 is 1.42 bits per heavy atom. The van der Waals surface area contributed by atoms with Crippen LogP contribution < -0.4 is 4.74 Å². The quantitative estimate of drug-likeness (QED) is 0.796. The van der Waals surface area contributed by atoms with Crippen LogP contribution in [-0.2, 0) is 4.79 Å². The van der Waals surface area contributed by atoms with E-state index >= 15 is 0 Å². The van der Waals surface area contributed by atoms with Gasteiger partial charge in [-0.2, -0.15) is 0 Å². The lowest BCUT2D eigenvalue weighted by atomic mass is 9.99. The maximum absolute atomic E-state index is 12.1. The number of carbonyl (C=O) groups is 1. The Balaban J connectivity index is 1.73. The van der Waals surface area contributed by atoms with Crippen LogP contribution >= 0.6 is 15.9 Å². The van der Waals surface area contributed by atoms with Crippen molar-refractivity contribution in [2.45, 2.75) is 24.6 Å². The van der Waals surface area contributed by atoms with Gasteiger partial charge in [-0.15, -0.1) is 0 Å². The Kier molecular flexibility index (Phi) is 5.25. The average Bonchev–Trinajstić information content (AvgIpc) is 2.43. The first-order valence-electron chi connectivity index (χ1n) is 6.76. The predicted octanol–water partition coefficient (Wildman–Crippen LogP) is 3.09. The lowest BCUT2D eigenvalue weighted by molar-refractivity contribution is -0.132. The van der Waals surface area contributed by atoms with Crippen molar-refractivity contribution in [3.63, 3.8) is 0 Å². The van der Waals surface area contributed by atoms with E-state index in [4.69, 9.17) is 4.74 Å². The highest BCUT2D eigenvalue weighted by molar-refractivity contribution is 9.09. The minimum absolute atomic E-state index is 0.187. The van der Waals surface area contributed by atoms with Crippen molar-refractivity contribution < 1.29 is 9.53 Å². The van der Waals surface area contributed by atoms with Crippen molar-refractivity contribution in [3.8, 4) is 5.75 Å². The molecule has 1 aliphatic rings. The van der Waals surface area contributed by atoms with Crippen molar-refractivity contribution in [2.24, 2.45) is 5.92 Å². The molecule has 19 heavy (non-hydrogen) atoms. The molecule has 0 spiro atoms. The van der Waals surface area contributed by atoms with Gasteiger partial charge in [-0.3, -0.25) is 4.79 Å². The maximum Gasteiger partial charge on any atom is 0.226 e. The largest absolute Gasteiger partial charge is 0.493 e. The summed E-state index contributed by atoms with van der Waals surface area (Å²) in [5.41, 5.74) is 0. The summed E-state index contributed by atoms with van der Waals surface area (Å²) in [6.07, 6.45) is 1.52. The smallest absolute Gasteiger partial charge is 0.226 e. The van der Waals surface area contributed by atoms with E-state index in [0.29, 0.717) is 23.8 Å². The molecule has 1 aliphatic heterocycles. The van der Waals surface area contributed by atoms with Crippen LogP contribution in [0, 0.1) is 5.92 Å². The van der Waals surface area contributed by atoms with Gasteiger partial charge in [0.1, 0.15) is 5.75 Å². The molecule has 104 valence electrons. The number of halogens is 1. The number of rotatable bonds is 4. The summed E-state index contributed by atoms with van der Waals surface area (Å²) in [7, 11) is 0. The zero-order valence-corrected chi connectivity index (χ0v) is 12.8. The molecule has 2 rings (SSSR count). The van der Waals surface area contributed by atoms with Gasteiger partial charge in [-0.25, -0.2) is 0 Å². The molecule has 2 atom stereocenters. The third kappa shape index (κ3) is 4.23. The SMILES string of the molecule is CC1CCN(C(=O)CCOc2ccccc2)CC1Br. The van der Waals surface area contributed by atoms with Crippen LogP contribution in [0.2, 0.25) is 0 Å². The van der Waals surface area contributed by atoms with Crippen LogP contribution in [-0.4, -0.2) is 35.3 Å². The molecule has 0 bridgehead atoms. The molecule has 0 aliphatic carbocycles. The van der Waals surface area contributed by atoms with Crippen molar-refractivity contribution in [3.05, 3.63) is 30.3 Å². The Hall–Kier alpha value is -1.03. The maximum atomic E-state index is 12.1. The molecule has 1 heterocycles. The standard InChI is InChI=1S/C15H20BrNO2/c1-12-7-9-17(11-14(12)16)15(18)8-10-19-13-5-3-2-4-6-13/h2-6,12,14H,7-11H2,1H3. The third-order valence-electron chi connectivity index (χ3n) is 3.55. The molecular weight excluding hydrogens is 306 g/mol. The lowest BCUT2D eigenvalue weighted by Crippen LogP contribution is -2.43. The molecule has 1 aromatic rings. The number of hydrogen-bond donors (Lipinski definition) is 0. The van der Waals surface area contributed by atoms with Gasteiger partial charge in [0.05, 0.1) is 13.0 Å².